The summed E-state index contributed by atoms with van der Waals surface area (Å²) >= 11 is 0. The van der Waals surface area contributed by atoms with Crippen molar-refractivity contribution in [2.24, 2.45) is 0 Å². The standard InChI is InChI=1S/C52H95N2O6P/c1-6-8-10-12-14-16-18-20-21-22-23-24-25-26-27-28-29-30-31-32-33-34-36-38-40-42-44-46-52(56)53-50(49-60-61(57,58)59-48-47-54(3,4)5)51(55)45-43-41-39-37-35-19-17-15-13-11-9-7-2/h8,10,14,16,20-21,23-24,26-27,43,45,50-51,55H,6-7,9,11-13,15,17-19,22,25,28-42,44,46-49H2,1-5H3,(H-,53,56,57,58)/p+1/b10-8-,16-14-,21-20-,24-23-,27-26-,45-43+. The lowest BCUT2D eigenvalue weighted by molar-refractivity contribution is -0.870. The van der Waals surface area contributed by atoms with Gasteiger partial charge in [-0.1, -0.05) is 202 Å². The number of nitrogens with one attached hydrogen (secondary N) is 1. The van der Waals surface area contributed by atoms with E-state index in [0.29, 0.717) is 17.4 Å². The number of allylic oxidation sites excluding steroid dienone is 11. The minimum atomic E-state index is -4.34. The van der Waals surface area contributed by atoms with Crippen LogP contribution < -0.4 is 5.32 Å². The second-order valence-corrected chi connectivity index (χ2v) is 19.3. The van der Waals surface area contributed by atoms with Crippen LogP contribution in [0.2, 0.25) is 0 Å². The quantitative estimate of drug-likeness (QED) is 0.0244. The van der Waals surface area contributed by atoms with Crippen LogP contribution in [-0.2, 0) is 18.4 Å². The molecule has 3 unspecified atom stereocenters. The summed E-state index contributed by atoms with van der Waals surface area (Å²) in [6, 6.07) is -0.850. The molecule has 354 valence electrons. The molecular weight excluding hydrogens is 780 g/mol. The van der Waals surface area contributed by atoms with Gasteiger partial charge in [0.25, 0.3) is 0 Å². The number of aliphatic hydroxyl groups excluding tert-OH is 1. The molecular formula is C52H96N2O6P+. The maximum atomic E-state index is 12.9. The van der Waals surface area contributed by atoms with Crippen LogP contribution in [0, 0.1) is 0 Å². The Balaban J connectivity index is 4.22. The first-order chi connectivity index (χ1) is 29.5. The van der Waals surface area contributed by atoms with Crippen molar-refractivity contribution in [1.82, 2.24) is 5.32 Å². The number of aliphatic hydroxyl groups is 1. The van der Waals surface area contributed by atoms with Gasteiger partial charge in [0.2, 0.25) is 5.91 Å². The van der Waals surface area contributed by atoms with E-state index in [0.717, 1.165) is 70.6 Å². The fourth-order valence-corrected chi connectivity index (χ4v) is 7.51. The number of carbonyl (C=O) groups is 1. The summed E-state index contributed by atoms with van der Waals surface area (Å²) in [5.74, 6) is -0.184. The van der Waals surface area contributed by atoms with E-state index in [1.807, 2.05) is 27.2 Å². The SMILES string of the molecule is CC/C=C\C/C=C\C/C=C\C/C=C\C/C=C\CCCCCCCCCCCCCC(=O)NC(COP(=O)(O)OCC[N+](C)(C)C)C(O)/C=C/CCCCCCCCCCCC. The van der Waals surface area contributed by atoms with E-state index < -0.39 is 20.0 Å². The zero-order valence-corrected chi connectivity index (χ0v) is 41.0. The highest BCUT2D eigenvalue weighted by molar-refractivity contribution is 7.47. The summed E-state index contributed by atoms with van der Waals surface area (Å²) in [4.78, 5) is 23.2. The number of rotatable bonds is 44. The lowest BCUT2D eigenvalue weighted by atomic mass is 10.0. The molecule has 0 fully saturated rings. The number of hydrogen-bond donors (Lipinski definition) is 3. The summed E-state index contributed by atoms with van der Waals surface area (Å²) in [6.45, 7) is 4.68. The average Bonchev–Trinajstić information content (AvgIpc) is 3.21. The molecule has 3 atom stereocenters. The van der Waals surface area contributed by atoms with Gasteiger partial charge in [0.1, 0.15) is 13.2 Å². The molecule has 3 N–H and O–H groups in total. The van der Waals surface area contributed by atoms with Gasteiger partial charge in [-0.05, 0) is 64.2 Å². The van der Waals surface area contributed by atoms with Gasteiger partial charge >= 0.3 is 7.82 Å². The molecule has 0 radical (unpaired) electrons. The fraction of sp³-hybridized carbons (Fsp3) is 0.750. The monoisotopic (exact) mass is 876 g/mol. The van der Waals surface area contributed by atoms with Crippen molar-refractivity contribution in [2.45, 2.75) is 212 Å². The Hall–Kier alpha value is -2.06. The first-order valence-corrected chi connectivity index (χ1v) is 26.3. The maximum Gasteiger partial charge on any atom is 0.472 e. The number of nitrogens with zero attached hydrogens (tertiary/aromatic N) is 1. The highest BCUT2D eigenvalue weighted by Gasteiger charge is 2.27. The van der Waals surface area contributed by atoms with E-state index in [1.54, 1.807) is 6.08 Å². The number of carbonyl (C=O) groups excluding carboxylic acids is 1. The van der Waals surface area contributed by atoms with Crippen molar-refractivity contribution in [1.29, 1.82) is 0 Å². The molecule has 0 aliphatic carbocycles. The lowest BCUT2D eigenvalue weighted by Crippen LogP contribution is -2.45. The Kier molecular flexibility index (Phi) is 41.7. The average molecular weight is 876 g/mol. The Morgan fingerprint density at radius 2 is 0.984 bits per heavy atom. The van der Waals surface area contributed by atoms with Crippen LogP contribution in [0.5, 0.6) is 0 Å². The largest absolute Gasteiger partial charge is 0.472 e. The fourth-order valence-electron chi connectivity index (χ4n) is 6.77. The third-order valence-corrected chi connectivity index (χ3v) is 11.7. The van der Waals surface area contributed by atoms with Gasteiger partial charge in [-0.15, -0.1) is 0 Å². The molecule has 0 aromatic heterocycles. The number of phosphoric acid groups is 1. The second-order valence-electron chi connectivity index (χ2n) is 17.8. The Labute approximate surface area is 376 Å². The van der Waals surface area contributed by atoms with Crippen molar-refractivity contribution in [3.8, 4) is 0 Å². The van der Waals surface area contributed by atoms with Crippen LogP contribution in [0.1, 0.15) is 200 Å². The van der Waals surface area contributed by atoms with Crippen LogP contribution in [0.15, 0.2) is 72.9 Å². The minimum Gasteiger partial charge on any atom is -0.387 e. The molecule has 0 aliphatic heterocycles. The van der Waals surface area contributed by atoms with Crippen molar-refractivity contribution in [2.75, 3.05) is 40.9 Å². The van der Waals surface area contributed by atoms with E-state index in [-0.39, 0.29) is 19.1 Å². The number of phosphoric ester groups is 1. The molecule has 0 spiro atoms. The number of amides is 1. The van der Waals surface area contributed by atoms with Crippen molar-refractivity contribution < 1.29 is 32.9 Å². The molecule has 0 aliphatic rings. The second kappa shape index (κ2) is 43.2. The Morgan fingerprint density at radius 1 is 0.574 bits per heavy atom. The highest BCUT2D eigenvalue weighted by atomic mass is 31.2. The predicted molar refractivity (Wildman–Crippen MR) is 263 cm³/mol. The number of quaternary nitrogens is 1. The molecule has 0 saturated heterocycles. The molecule has 0 aromatic carbocycles. The lowest BCUT2D eigenvalue weighted by Gasteiger charge is -2.25. The van der Waals surface area contributed by atoms with Crippen LogP contribution in [0.25, 0.3) is 0 Å². The topological polar surface area (TPSA) is 105 Å². The zero-order valence-electron chi connectivity index (χ0n) is 40.1. The summed E-state index contributed by atoms with van der Waals surface area (Å²) in [6.07, 6.45) is 58.4. The minimum absolute atomic E-state index is 0.0581. The molecule has 0 aromatic rings. The van der Waals surface area contributed by atoms with E-state index >= 15 is 0 Å². The van der Waals surface area contributed by atoms with E-state index in [2.05, 4.69) is 79.9 Å². The van der Waals surface area contributed by atoms with Crippen LogP contribution in [-0.4, -0.2) is 73.4 Å². The first kappa shape index (κ1) is 58.9. The van der Waals surface area contributed by atoms with Crippen molar-refractivity contribution in [3.05, 3.63) is 72.9 Å². The third-order valence-electron chi connectivity index (χ3n) is 10.7. The molecule has 9 heteroatoms. The molecule has 1 amide bonds. The van der Waals surface area contributed by atoms with Crippen molar-refractivity contribution >= 4 is 13.7 Å². The molecule has 0 heterocycles. The first-order valence-electron chi connectivity index (χ1n) is 24.8. The summed E-state index contributed by atoms with van der Waals surface area (Å²) in [5, 5.41) is 13.8. The molecule has 61 heavy (non-hydrogen) atoms. The van der Waals surface area contributed by atoms with Crippen LogP contribution in [0.4, 0.5) is 0 Å². The number of hydrogen-bond acceptors (Lipinski definition) is 5. The normalized spacial score (nSPS) is 14.8. The van der Waals surface area contributed by atoms with Gasteiger partial charge in [-0.3, -0.25) is 13.8 Å². The highest BCUT2D eigenvalue weighted by Crippen LogP contribution is 2.43. The van der Waals surface area contributed by atoms with Gasteiger partial charge in [-0.25, -0.2) is 4.57 Å². The molecule has 0 bridgehead atoms. The van der Waals surface area contributed by atoms with Gasteiger partial charge in [-0.2, -0.15) is 0 Å². The van der Waals surface area contributed by atoms with Crippen LogP contribution in [0.3, 0.4) is 0 Å². The summed E-state index contributed by atoms with van der Waals surface area (Å²) < 4.78 is 23.6. The molecule has 0 saturated carbocycles. The van der Waals surface area contributed by atoms with Gasteiger partial charge in [0.05, 0.1) is 39.9 Å². The van der Waals surface area contributed by atoms with E-state index in [4.69, 9.17) is 9.05 Å². The Morgan fingerprint density at radius 3 is 1.44 bits per heavy atom. The molecule has 0 rings (SSSR count). The van der Waals surface area contributed by atoms with Gasteiger partial charge in [0.15, 0.2) is 0 Å². The van der Waals surface area contributed by atoms with Crippen molar-refractivity contribution in [3.63, 3.8) is 0 Å². The Bertz CT molecular complexity index is 1220. The summed E-state index contributed by atoms with van der Waals surface area (Å²) in [7, 11) is 1.56. The summed E-state index contributed by atoms with van der Waals surface area (Å²) in [5.41, 5.74) is 0. The van der Waals surface area contributed by atoms with E-state index in [1.165, 1.54) is 109 Å². The van der Waals surface area contributed by atoms with Gasteiger partial charge < -0.3 is 19.8 Å². The smallest absolute Gasteiger partial charge is 0.387 e. The maximum absolute atomic E-state index is 12.9. The van der Waals surface area contributed by atoms with Crippen LogP contribution >= 0.6 is 7.82 Å². The predicted octanol–water partition coefficient (Wildman–Crippen LogP) is 14.4. The van der Waals surface area contributed by atoms with E-state index in [9.17, 15) is 19.4 Å². The third kappa shape index (κ3) is 45.8. The zero-order chi connectivity index (χ0) is 45.0. The number of likely N-dealkylation sites (N-methyl/N-ethyl adjacent to an activating group) is 1. The molecule has 8 nitrogen and oxygen atoms in total. The van der Waals surface area contributed by atoms with Gasteiger partial charge in [0, 0.05) is 6.42 Å². The number of unbranched alkanes of at least 4 members (excludes halogenated alkanes) is 21.